The molecule has 0 saturated heterocycles. The summed E-state index contributed by atoms with van der Waals surface area (Å²) in [5.41, 5.74) is -5.14. The molecule has 0 aliphatic carbocycles. The molecule has 0 aliphatic heterocycles. The van der Waals surface area contributed by atoms with Crippen LogP contribution in [0.3, 0.4) is 0 Å². The Bertz CT molecular complexity index is 1370. The van der Waals surface area contributed by atoms with Crippen molar-refractivity contribution in [3.8, 4) is 23.2 Å². The maximum absolute atomic E-state index is 14.6. The van der Waals surface area contributed by atoms with Crippen LogP contribution in [0, 0.1) is 5.82 Å². The van der Waals surface area contributed by atoms with E-state index in [2.05, 4.69) is 13.5 Å². The van der Waals surface area contributed by atoms with Crippen LogP contribution in [0.2, 0.25) is 5.02 Å². The number of rotatable bonds is 6. The van der Waals surface area contributed by atoms with E-state index in [0.717, 1.165) is 20.2 Å². The van der Waals surface area contributed by atoms with Gasteiger partial charge in [0.25, 0.3) is 17.3 Å². The summed E-state index contributed by atoms with van der Waals surface area (Å²) in [5, 5.41) is -0.335. The van der Waals surface area contributed by atoms with E-state index in [1.165, 1.54) is 6.92 Å². The van der Waals surface area contributed by atoms with E-state index < -0.39 is 46.7 Å². The average Bonchev–Trinajstić information content (AvgIpc) is 3.18. The first-order valence-corrected chi connectivity index (χ1v) is 10.1. The number of methoxy groups -OCH3 is 1. The van der Waals surface area contributed by atoms with Crippen LogP contribution >= 0.6 is 23.3 Å². The van der Waals surface area contributed by atoms with Crippen LogP contribution in [0.1, 0.15) is 12.6 Å². The first-order valence-electron chi connectivity index (χ1n) is 8.99. The summed E-state index contributed by atoms with van der Waals surface area (Å²) in [6.45, 7) is 1.37. The maximum atomic E-state index is 14.6. The quantitative estimate of drug-likeness (QED) is 0.357. The van der Waals surface area contributed by atoms with Crippen LogP contribution in [-0.2, 0) is 22.8 Å². The lowest BCUT2D eigenvalue weighted by Gasteiger charge is -2.15. The molecule has 10 nitrogen and oxygen atoms in total. The number of aromatic nitrogens is 4. The van der Waals surface area contributed by atoms with Crippen molar-refractivity contribution in [2.24, 2.45) is 7.05 Å². The molecule has 1 aromatic carbocycles. The lowest BCUT2D eigenvalue weighted by molar-refractivity contribution is -0.148. The zero-order valence-electron chi connectivity index (χ0n) is 17.3. The molecule has 34 heavy (non-hydrogen) atoms. The van der Waals surface area contributed by atoms with Gasteiger partial charge in [0, 0.05) is 19.2 Å². The molecule has 0 amide bonds. The van der Waals surface area contributed by atoms with Crippen molar-refractivity contribution in [2.75, 3.05) is 7.11 Å². The average molecular weight is 525 g/mol. The Balaban J connectivity index is 2.06. The summed E-state index contributed by atoms with van der Waals surface area (Å²) in [4.78, 5) is 36.4. The van der Waals surface area contributed by atoms with E-state index in [4.69, 9.17) is 21.1 Å². The first kappa shape index (κ1) is 25.2. The molecule has 182 valence electrons. The second-order valence-electron chi connectivity index (χ2n) is 6.54. The molecule has 1 unspecified atom stereocenters. The fourth-order valence-corrected chi connectivity index (χ4v) is 3.29. The Morgan fingerprint density at radius 3 is 2.44 bits per heavy atom. The monoisotopic (exact) mass is 524 g/mol. The largest absolute Gasteiger partial charge is 0.466 e. The standard InChI is InChI=1S/C18H13ClF4N4O6S/c1-7(16(29)31-3)32-14-15(25-34-24-14)33-11-5-10(9(20)4-8(11)19)27-13(28)6-12(18(21,22)23)26(2)17(27)30/h4-7H,1-3H3. The zero-order chi connectivity index (χ0) is 25.4. The third-order valence-corrected chi connectivity index (χ3v) is 5.10. The minimum absolute atomic E-state index is 0.153. The van der Waals surface area contributed by atoms with Gasteiger partial charge in [-0.25, -0.2) is 18.5 Å². The third-order valence-electron chi connectivity index (χ3n) is 4.31. The van der Waals surface area contributed by atoms with Gasteiger partial charge < -0.3 is 14.2 Å². The highest BCUT2D eigenvalue weighted by Crippen LogP contribution is 2.36. The van der Waals surface area contributed by atoms with Gasteiger partial charge in [0.15, 0.2) is 11.9 Å². The molecule has 0 aliphatic rings. The minimum Gasteiger partial charge on any atom is -0.466 e. The smallest absolute Gasteiger partial charge is 0.431 e. The van der Waals surface area contributed by atoms with E-state index >= 15 is 0 Å². The van der Waals surface area contributed by atoms with Crippen LogP contribution in [-0.4, -0.2) is 37.1 Å². The van der Waals surface area contributed by atoms with Crippen LogP contribution in [0.4, 0.5) is 17.6 Å². The number of nitrogens with zero attached hydrogens (tertiary/aromatic N) is 4. The van der Waals surface area contributed by atoms with Gasteiger partial charge in [-0.2, -0.15) is 13.2 Å². The van der Waals surface area contributed by atoms with Gasteiger partial charge in [-0.1, -0.05) is 11.6 Å². The number of benzene rings is 1. The summed E-state index contributed by atoms with van der Waals surface area (Å²) in [6, 6.07) is 1.66. The highest BCUT2D eigenvalue weighted by molar-refractivity contribution is 6.99. The van der Waals surface area contributed by atoms with Crippen LogP contribution in [0.25, 0.3) is 5.69 Å². The van der Waals surface area contributed by atoms with Crippen molar-refractivity contribution in [1.82, 2.24) is 17.9 Å². The molecule has 0 fully saturated rings. The molecular formula is C18H13ClF4N4O6S. The number of ether oxygens (including phenoxy) is 3. The number of halogens is 5. The topological polar surface area (TPSA) is 115 Å². The Morgan fingerprint density at radius 1 is 1.18 bits per heavy atom. The molecule has 0 bridgehead atoms. The van der Waals surface area contributed by atoms with Gasteiger partial charge >= 0.3 is 17.8 Å². The Hall–Kier alpha value is -3.46. The van der Waals surface area contributed by atoms with Crippen molar-refractivity contribution >= 4 is 29.3 Å². The molecule has 2 heterocycles. The Kier molecular flexibility index (Phi) is 6.97. The molecule has 0 spiro atoms. The molecule has 3 rings (SSSR count). The van der Waals surface area contributed by atoms with Crippen molar-refractivity contribution in [3.05, 3.63) is 55.6 Å². The lowest BCUT2D eigenvalue weighted by Crippen LogP contribution is -2.41. The molecule has 3 aromatic rings. The lowest BCUT2D eigenvalue weighted by atomic mass is 10.2. The van der Waals surface area contributed by atoms with Gasteiger partial charge in [-0.15, -0.1) is 8.75 Å². The SMILES string of the molecule is COC(=O)C(C)Oc1nsnc1Oc1cc(-n2c(=O)cc(C(F)(F)F)n(C)c2=O)c(F)cc1Cl. The fraction of sp³-hybridized carbons (Fsp3) is 0.278. The molecule has 0 radical (unpaired) electrons. The number of carbonyl (C=O) groups is 1. The molecule has 16 heteroatoms. The molecule has 0 saturated carbocycles. The van der Waals surface area contributed by atoms with E-state index in [1.807, 2.05) is 0 Å². The number of hydrogen-bond donors (Lipinski definition) is 0. The van der Waals surface area contributed by atoms with E-state index in [1.54, 1.807) is 0 Å². The maximum Gasteiger partial charge on any atom is 0.431 e. The Morgan fingerprint density at radius 2 is 1.82 bits per heavy atom. The van der Waals surface area contributed by atoms with Crippen molar-refractivity contribution in [2.45, 2.75) is 19.2 Å². The molecule has 1 atom stereocenters. The minimum atomic E-state index is -4.99. The summed E-state index contributed by atoms with van der Waals surface area (Å²) in [7, 11) is 1.92. The molecule has 2 aromatic heterocycles. The van der Waals surface area contributed by atoms with Gasteiger partial charge in [0.1, 0.15) is 11.5 Å². The molecular weight excluding hydrogens is 512 g/mol. The predicted molar refractivity (Wildman–Crippen MR) is 109 cm³/mol. The second kappa shape index (κ2) is 9.42. The van der Waals surface area contributed by atoms with Gasteiger partial charge in [0.05, 0.1) is 29.5 Å². The van der Waals surface area contributed by atoms with E-state index in [-0.39, 0.29) is 37.7 Å². The zero-order valence-corrected chi connectivity index (χ0v) is 18.9. The number of alkyl halides is 3. The summed E-state index contributed by atoms with van der Waals surface area (Å²) >= 11 is 6.62. The van der Waals surface area contributed by atoms with Gasteiger partial charge in [0.2, 0.25) is 0 Å². The summed E-state index contributed by atoms with van der Waals surface area (Å²) in [6.07, 6.45) is -6.09. The van der Waals surface area contributed by atoms with Crippen LogP contribution < -0.4 is 20.7 Å². The van der Waals surface area contributed by atoms with Crippen molar-refractivity contribution in [3.63, 3.8) is 0 Å². The number of hydrogen-bond acceptors (Lipinski definition) is 9. The number of esters is 1. The van der Waals surface area contributed by atoms with Crippen molar-refractivity contribution < 1.29 is 36.6 Å². The van der Waals surface area contributed by atoms with Gasteiger partial charge in [-0.3, -0.25) is 9.36 Å². The summed E-state index contributed by atoms with van der Waals surface area (Å²) in [5.74, 6) is -2.79. The third kappa shape index (κ3) is 4.89. The first-order chi connectivity index (χ1) is 15.8. The highest BCUT2D eigenvalue weighted by Gasteiger charge is 2.35. The van der Waals surface area contributed by atoms with Crippen molar-refractivity contribution in [1.29, 1.82) is 0 Å². The fourth-order valence-electron chi connectivity index (χ4n) is 2.68. The second-order valence-corrected chi connectivity index (χ2v) is 7.47. The van der Waals surface area contributed by atoms with E-state index in [0.29, 0.717) is 17.8 Å². The normalized spacial score (nSPS) is 12.4. The van der Waals surface area contributed by atoms with Gasteiger partial charge in [-0.05, 0) is 13.0 Å². The summed E-state index contributed by atoms with van der Waals surface area (Å²) < 4.78 is 77.1. The van der Waals surface area contributed by atoms with Crippen LogP contribution in [0.5, 0.6) is 17.5 Å². The number of carbonyl (C=O) groups excluding carboxylic acids is 1. The van der Waals surface area contributed by atoms with Crippen LogP contribution in [0.15, 0.2) is 27.8 Å². The van der Waals surface area contributed by atoms with E-state index in [9.17, 15) is 31.9 Å². The molecule has 0 N–H and O–H groups in total. The highest BCUT2D eigenvalue weighted by atomic mass is 35.5. The Labute approximate surface area is 196 Å². The predicted octanol–water partition coefficient (Wildman–Crippen LogP) is 2.93.